The fraction of sp³-hybridized carbons (Fsp3) is 0.133. The largest absolute Gasteiger partial charge is 0.320 e. The van der Waals surface area contributed by atoms with Crippen LogP contribution in [0.1, 0.15) is 21.5 Å². The lowest BCUT2D eigenvalue weighted by molar-refractivity contribution is 0.102. The Labute approximate surface area is 125 Å². The van der Waals surface area contributed by atoms with Gasteiger partial charge in [0, 0.05) is 4.47 Å². The van der Waals surface area contributed by atoms with Crippen molar-refractivity contribution in [2.45, 2.75) is 13.8 Å². The molecular formula is C15H13BrClNO. The number of carbonyl (C=O) groups is 1. The molecule has 0 aliphatic heterocycles. The van der Waals surface area contributed by atoms with E-state index in [9.17, 15) is 4.79 Å². The number of rotatable bonds is 2. The third-order valence-corrected chi connectivity index (χ3v) is 4.26. The molecule has 0 atom stereocenters. The maximum absolute atomic E-state index is 12.3. The van der Waals surface area contributed by atoms with E-state index in [-0.39, 0.29) is 5.91 Å². The first-order valence-electron chi connectivity index (χ1n) is 5.82. The summed E-state index contributed by atoms with van der Waals surface area (Å²) in [6.45, 7) is 3.86. The molecule has 0 spiro atoms. The zero-order valence-electron chi connectivity index (χ0n) is 10.6. The Morgan fingerprint density at radius 1 is 1.11 bits per heavy atom. The molecule has 0 heterocycles. The summed E-state index contributed by atoms with van der Waals surface area (Å²) in [7, 11) is 0. The van der Waals surface area contributed by atoms with Gasteiger partial charge in [0.05, 0.1) is 16.3 Å². The fourth-order valence-corrected chi connectivity index (χ4v) is 2.51. The molecule has 0 bridgehead atoms. The van der Waals surface area contributed by atoms with Crippen molar-refractivity contribution < 1.29 is 4.79 Å². The molecule has 0 fully saturated rings. The number of halogens is 2. The van der Waals surface area contributed by atoms with Crippen LogP contribution in [0, 0.1) is 13.8 Å². The highest BCUT2D eigenvalue weighted by molar-refractivity contribution is 9.10. The zero-order chi connectivity index (χ0) is 14.0. The smallest absolute Gasteiger partial charge is 0.256 e. The Balaban J connectivity index is 2.34. The molecule has 1 N–H and O–H groups in total. The Kier molecular flexibility index (Phi) is 4.27. The maximum Gasteiger partial charge on any atom is 0.256 e. The van der Waals surface area contributed by atoms with Crippen LogP contribution in [0.5, 0.6) is 0 Å². The van der Waals surface area contributed by atoms with Gasteiger partial charge in [0.15, 0.2) is 0 Å². The molecule has 4 heteroatoms. The first-order chi connectivity index (χ1) is 9.00. The number of para-hydroxylation sites is 1. The van der Waals surface area contributed by atoms with Gasteiger partial charge in [-0.05, 0) is 53.0 Å². The van der Waals surface area contributed by atoms with E-state index >= 15 is 0 Å². The minimum absolute atomic E-state index is 0.174. The summed E-state index contributed by atoms with van der Waals surface area (Å²) in [5.74, 6) is -0.174. The Bertz CT molecular complexity index is 620. The van der Waals surface area contributed by atoms with Gasteiger partial charge < -0.3 is 5.32 Å². The molecule has 0 saturated carbocycles. The highest BCUT2D eigenvalue weighted by atomic mass is 79.9. The van der Waals surface area contributed by atoms with E-state index in [1.165, 1.54) is 0 Å². The van der Waals surface area contributed by atoms with Crippen LogP contribution in [0.3, 0.4) is 0 Å². The molecule has 19 heavy (non-hydrogen) atoms. The number of amides is 1. The number of nitrogens with one attached hydrogen (secondary N) is 1. The molecule has 2 nitrogen and oxygen atoms in total. The van der Waals surface area contributed by atoms with E-state index in [1.54, 1.807) is 12.1 Å². The highest BCUT2D eigenvalue weighted by Gasteiger charge is 2.13. The normalized spacial score (nSPS) is 10.3. The van der Waals surface area contributed by atoms with Crippen LogP contribution in [-0.4, -0.2) is 5.91 Å². The van der Waals surface area contributed by atoms with Gasteiger partial charge in [0.1, 0.15) is 0 Å². The van der Waals surface area contributed by atoms with E-state index in [0.29, 0.717) is 16.3 Å². The third-order valence-electron chi connectivity index (χ3n) is 2.90. The minimum Gasteiger partial charge on any atom is -0.320 e. The highest BCUT2D eigenvalue weighted by Crippen LogP contribution is 2.27. The summed E-state index contributed by atoms with van der Waals surface area (Å²) in [5, 5.41) is 3.40. The van der Waals surface area contributed by atoms with E-state index in [1.807, 2.05) is 38.1 Å². The van der Waals surface area contributed by atoms with E-state index in [0.717, 1.165) is 15.6 Å². The summed E-state index contributed by atoms with van der Waals surface area (Å²) in [4.78, 5) is 12.3. The Hall–Kier alpha value is -1.32. The predicted octanol–water partition coefficient (Wildman–Crippen LogP) is 4.97. The second-order valence-electron chi connectivity index (χ2n) is 4.32. The van der Waals surface area contributed by atoms with Crippen LogP contribution in [0.25, 0.3) is 0 Å². The van der Waals surface area contributed by atoms with E-state index in [2.05, 4.69) is 21.2 Å². The average Bonchev–Trinajstić information content (AvgIpc) is 2.37. The van der Waals surface area contributed by atoms with Crippen LogP contribution in [-0.2, 0) is 0 Å². The Morgan fingerprint density at radius 2 is 1.74 bits per heavy atom. The monoisotopic (exact) mass is 337 g/mol. The quantitative estimate of drug-likeness (QED) is 0.823. The second kappa shape index (κ2) is 5.76. The molecule has 0 unspecified atom stereocenters. The number of hydrogen-bond acceptors (Lipinski definition) is 1. The van der Waals surface area contributed by atoms with Crippen LogP contribution < -0.4 is 5.32 Å². The molecule has 98 valence electrons. The summed E-state index contributed by atoms with van der Waals surface area (Å²) in [5.41, 5.74) is 3.20. The second-order valence-corrected chi connectivity index (χ2v) is 5.52. The molecule has 0 saturated heterocycles. The standard InChI is InChI=1S/C15H13BrClNO/c1-9-5-3-7-11(13(9)16)15(19)18-14-10(2)6-4-8-12(14)17/h3-8H,1-2H3,(H,18,19). The van der Waals surface area contributed by atoms with Crippen molar-refractivity contribution in [2.24, 2.45) is 0 Å². The minimum atomic E-state index is -0.174. The average molecular weight is 339 g/mol. The molecule has 2 aromatic carbocycles. The lowest BCUT2D eigenvalue weighted by atomic mass is 10.1. The topological polar surface area (TPSA) is 29.1 Å². The predicted molar refractivity (Wildman–Crippen MR) is 83.0 cm³/mol. The van der Waals surface area contributed by atoms with Gasteiger partial charge in [-0.2, -0.15) is 0 Å². The fourth-order valence-electron chi connectivity index (χ4n) is 1.79. The Morgan fingerprint density at radius 3 is 2.42 bits per heavy atom. The number of hydrogen-bond donors (Lipinski definition) is 1. The van der Waals surface area contributed by atoms with Crippen LogP contribution >= 0.6 is 27.5 Å². The van der Waals surface area contributed by atoms with Gasteiger partial charge in [0.25, 0.3) is 5.91 Å². The SMILES string of the molecule is Cc1cccc(C(=O)Nc2c(C)cccc2Cl)c1Br. The van der Waals surface area contributed by atoms with Gasteiger partial charge in [-0.25, -0.2) is 0 Å². The van der Waals surface area contributed by atoms with Crippen molar-refractivity contribution in [2.75, 3.05) is 5.32 Å². The van der Waals surface area contributed by atoms with Crippen LogP contribution in [0.2, 0.25) is 5.02 Å². The van der Waals surface area contributed by atoms with Crippen LogP contribution in [0.15, 0.2) is 40.9 Å². The molecule has 2 aromatic rings. The summed E-state index contributed by atoms with van der Waals surface area (Å²) in [6, 6.07) is 11.1. The van der Waals surface area contributed by atoms with Crippen molar-refractivity contribution in [1.29, 1.82) is 0 Å². The van der Waals surface area contributed by atoms with Gasteiger partial charge >= 0.3 is 0 Å². The van der Waals surface area contributed by atoms with Gasteiger partial charge in [-0.3, -0.25) is 4.79 Å². The number of benzene rings is 2. The maximum atomic E-state index is 12.3. The van der Waals surface area contributed by atoms with Gasteiger partial charge in [-0.15, -0.1) is 0 Å². The number of anilines is 1. The van der Waals surface area contributed by atoms with Gasteiger partial charge in [-0.1, -0.05) is 35.9 Å². The lowest BCUT2D eigenvalue weighted by Gasteiger charge is -2.12. The number of carbonyl (C=O) groups excluding carboxylic acids is 1. The molecule has 0 aliphatic rings. The summed E-state index contributed by atoms with van der Waals surface area (Å²) >= 11 is 9.54. The molecule has 1 amide bonds. The van der Waals surface area contributed by atoms with Crippen molar-refractivity contribution in [1.82, 2.24) is 0 Å². The van der Waals surface area contributed by atoms with Crippen LogP contribution in [0.4, 0.5) is 5.69 Å². The first-order valence-corrected chi connectivity index (χ1v) is 6.99. The van der Waals surface area contributed by atoms with E-state index in [4.69, 9.17) is 11.6 Å². The molecule has 2 rings (SSSR count). The lowest BCUT2D eigenvalue weighted by Crippen LogP contribution is -2.14. The summed E-state index contributed by atoms with van der Waals surface area (Å²) in [6.07, 6.45) is 0. The van der Waals surface area contributed by atoms with Crippen molar-refractivity contribution in [3.8, 4) is 0 Å². The molecular weight excluding hydrogens is 326 g/mol. The third kappa shape index (κ3) is 2.99. The zero-order valence-corrected chi connectivity index (χ0v) is 13.0. The van der Waals surface area contributed by atoms with Crippen molar-refractivity contribution in [3.05, 3.63) is 62.6 Å². The van der Waals surface area contributed by atoms with Crippen molar-refractivity contribution in [3.63, 3.8) is 0 Å². The molecule has 0 aromatic heterocycles. The van der Waals surface area contributed by atoms with Crippen molar-refractivity contribution >= 4 is 39.1 Å². The first kappa shape index (κ1) is 14.1. The molecule has 0 radical (unpaired) electrons. The number of aryl methyl sites for hydroxylation is 2. The summed E-state index contributed by atoms with van der Waals surface area (Å²) < 4.78 is 0.803. The van der Waals surface area contributed by atoms with Gasteiger partial charge in [0.2, 0.25) is 0 Å². The molecule has 0 aliphatic carbocycles. The van der Waals surface area contributed by atoms with E-state index < -0.39 is 0 Å².